The molecule has 1 aromatic rings. The van der Waals surface area contributed by atoms with Gasteiger partial charge in [0.1, 0.15) is 0 Å². The largest absolute Gasteiger partial charge is 0.504 e. The van der Waals surface area contributed by atoms with Crippen LogP contribution >= 0.6 is 0 Å². The standard InChI is InChI=1S/C9H13NO4/c1-13-8-4-6(5-10-12)3-7(11)9(8)14-2/h3-4,10-12H,5H2,1-2H3. The highest BCUT2D eigenvalue weighted by atomic mass is 16.5. The molecule has 0 radical (unpaired) electrons. The zero-order chi connectivity index (χ0) is 10.6. The second kappa shape index (κ2) is 4.69. The van der Waals surface area contributed by atoms with Crippen LogP contribution in [0, 0.1) is 0 Å². The highest BCUT2D eigenvalue weighted by Crippen LogP contribution is 2.37. The molecule has 0 fully saturated rings. The number of methoxy groups -OCH3 is 2. The summed E-state index contributed by atoms with van der Waals surface area (Å²) in [6, 6.07) is 3.16. The van der Waals surface area contributed by atoms with E-state index in [0.717, 1.165) is 0 Å². The molecule has 0 saturated carbocycles. The summed E-state index contributed by atoms with van der Waals surface area (Å²) >= 11 is 0. The van der Waals surface area contributed by atoms with Crippen LogP contribution in [0.25, 0.3) is 0 Å². The number of hydrogen-bond acceptors (Lipinski definition) is 5. The molecule has 0 amide bonds. The molecule has 0 aliphatic carbocycles. The summed E-state index contributed by atoms with van der Waals surface area (Å²) in [6.45, 7) is 0.230. The number of benzene rings is 1. The van der Waals surface area contributed by atoms with Crippen LogP contribution in [0.2, 0.25) is 0 Å². The Balaban J connectivity index is 3.10. The number of rotatable bonds is 4. The van der Waals surface area contributed by atoms with E-state index in [2.05, 4.69) is 0 Å². The van der Waals surface area contributed by atoms with Crippen LogP contribution in [0.1, 0.15) is 5.56 Å². The summed E-state index contributed by atoms with van der Waals surface area (Å²) in [5, 5.41) is 18.0. The van der Waals surface area contributed by atoms with Gasteiger partial charge in [0.05, 0.1) is 14.2 Å². The maximum atomic E-state index is 9.52. The van der Waals surface area contributed by atoms with Crippen LogP contribution in [0.15, 0.2) is 12.1 Å². The molecule has 0 saturated heterocycles. The van der Waals surface area contributed by atoms with Gasteiger partial charge in [-0.25, -0.2) is 5.48 Å². The predicted molar refractivity (Wildman–Crippen MR) is 49.8 cm³/mol. The van der Waals surface area contributed by atoms with E-state index in [1.54, 1.807) is 6.07 Å². The van der Waals surface area contributed by atoms with E-state index < -0.39 is 0 Å². The minimum Gasteiger partial charge on any atom is -0.504 e. The Morgan fingerprint density at radius 2 is 2.00 bits per heavy atom. The molecule has 0 unspecified atom stereocenters. The number of ether oxygens (including phenoxy) is 2. The number of aromatic hydroxyl groups is 1. The Labute approximate surface area is 81.8 Å². The van der Waals surface area contributed by atoms with Crippen LogP contribution in [0.3, 0.4) is 0 Å². The van der Waals surface area contributed by atoms with Gasteiger partial charge in [0.25, 0.3) is 0 Å². The third-order valence-corrected chi connectivity index (χ3v) is 1.80. The minimum absolute atomic E-state index is 0.0166. The van der Waals surface area contributed by atoms with Crippen molar-refractivity contribution in [2.75, 3.05) is 14.2 Å². The molecule has 5 nitrogen and oxygen atoms in total. The first-order valence-corrected chi connectivity index (χ1v) is 4.03. The van der Waals surface area contributed by atoms with Gasteiger partial charge in [-0.3, -0.25) is 0 Å². The number of phenols is 1. The Kier molecular flexibility index (Phi) is 3.55. The van der Waals surface area contributed by atoms with E-state index in [-0.39, 0.29) is 18.0 Å². The predicted octanol–water partition coefficient (Wildman–Crippen LogP) is 0.888. The van der Waals surface area contributed by atoms with Crippen molar-refractivity contribution in [1.29, 1.82) is 0 Å². The molecule has 0 atom stereocenters. The van der Waals surface area contributed by atoms with Crippen molar-refractivity contribution < 1.29 is 19.8 Å². The number of phenolic OH excluding ortho intramolecular Hbond substituents is 1. The first-order valence-electron chi connectivity index (χ1n) is 4.03. The van der Waals surface area contributed by atoms with Crippen molar-refractivity contribution in [3.05, 3.63) is 17.7 Å². The zero-order valence-corrected chi connectivity index (χ0v) is 8.07. The van der Waals surface area contributed by atoms with E-state index in [9.17, 15) is 5.11 Å². The zero-order valence-electron chi connectivity index (χ0n) is 8.07. The highest BCUT2D eigenvalue weighted by Gasteiger charge is 2.10. The molecule has 78 valence electrons. The van der Waals surface area contributed by atoms with Crippen molar-refractivity contribution in [3.63, 3.8) is 0 Å². The first-order chi connectivity index (χ1) is 6.72. The van der Waals surface area contributed by atoms with Gasteiger partial charge in [-0.1, -0.05) is 0 Å². The summed E-state index contributed by atoms with van der Waals surface area (Å²) < 4.78 is 9.95. The van der Waals surface area contributed by atoms with E-state index in [1.807, 2.05) is 5.48 Å². The molecule has 1 aromatic carbocycles. The second-order valence-corrected chi connectivity index (χ2v) is 2.69. The lowest BCUT2D eigenvalue weighted by Gasteiger charge is -2.11. The Bertz CT molecular complexity index is 314. The molecule has 3 N–H and O–H groups in total. The number of hydrogen-bond donors (Lipinski definition) is 3. The van der Waals surface area contributed by atoms with Crippen molar-refractivity contribution in [3.8, 4) is 17.2 Å². The van der Waals surface area contributed by atoms with E-state index in [4.69, 9.17) is 14.7 Å². The molecule has 0 aromatic heterocycles. The lowest BCUT2D eigenvalue weighted by Crippen LogP contribution is -2.06. The molecule has 14 heavy (non-hydrogen) atoms. The SMILES string of the molecule is COc1cc(CNO)cc(O)c1OC. The van der Waals surface area contributed by atoms with E-state index >= 15 is 0 Å². The lowest BCUT2D eigenvalue weighted by molar-refractivity contribution is 0.161. The van der Waals surface area contributed by atoms with Gasteiger partial charge in [0.2, 0.25) is 5.75 Å². The van der Waals surface area contributed by atoms with Crippen molar-refractivity contribution >= 4 is 0 Å². The molecule has 5 heteroatoms. The Morgan fingerprint density at radius 1 is 1.29 bits per heavy atom. The average Bonchev–Trinajstić information content (AvgIpc) is 2.17. The number of hydroxylamine groups is 1. The van der Waals surface area contributed by atoms with Crippen molar-refractivity contribution in [2.45, 2.75) is 6.54 Å². The van der Waals surface area contributed by atoms with Gasteiger partial charge in [0, 0.05) is 6.54 Å². The molecule has 1 rings (SSSR count). The maximum Gasteiger partial charge on any atom is 0.203 e. The third-order valence-electron chi connectivity index (χ3n) is 1.80. The van der Waals surface area contributed by atoms with E-state index in [0.29, 0.717) is 11.3 Å². The van der Waals surface area contributed by atoms with Crippen LogP contribution < -0.4 is 15.0 Å². The summed E-state index contributed by atoms with van der Waals surface area (Å²) in [5.74, 6) is 0.698. The molecule has 0 spiro atoms. The van der Waals surface area contributed by atoms with Crippen LogP contribution in [0.5, 0.6) is 17.2 Å². The minimum atomic E-state index is -0.0166. The lowest BCUT2D eigenvalue weighted by atomic mass is 10.2. The van der Waals surface area contributed by atoms with Gasteiger partial charge in [0.15, 0.2) is 11.5 Å². The van der Waals surface area contributed by atoms with Gasteiger partial charge < -0.3 is 19.8 Å². The Morgan fingerprint density at radius 3 is 2.50 bits per heavy atom. The third kappa shape index (κ3) is 2.07. The molecular formula is C9H13NO4. The number of nitrogens with one attached hydrogen (secondary N) is 1. The summed E-state index contributed by atoms with van der Waals surface area (Å²) in [5.41, 5.74) is 2.69. The van der Waals surface area contributed by atoms with Crippen LogP contribution in [-0.2, 0) is 6.54 Å². The average molecular weight is 199 g/mol. The Hall–Kier alpha value is -1.46. The normalized spacial score (nSPS) is 9.93. The monoisotopic (exact) mass is 199 g/mol. The van der Waals surface area contributed by atoms with Gasteiger partial charge in [-0.05, 0) is 17.7 Å². The van der Waals surface area contributed by atoms with Crippen molar-refractivity contribution in [2.24, 2.45) is 0 Å². The topological polar surface area (TPSA) is 71.0 Å². The summed E-state index contributed by atoms with van der Waals surface area (Å²) in [4.78, 5) is 0. The highest BCUT2D eigenvalue weighted by molar-refractivity contribution is 5.52. The molecule has 0 heterocycles. The van der Waals surface area contributed by atoms with Crippen LogP contribution in [0.4, 0.5) is 0 Å². The first kappa shape index (κ1) is 10.6. The van der Waals surface area contributed by atoms with E-state index in [1.165, 1.54) is 20.3 Å². The quantitative estimate of drug-likeness (QED) is 0.628. The fraction of sp³-hybridized carbons (Fsp3) is 0.333. The van der Waals surface area contributed by atoms with Gasteiger partial charge in [-0.2, -0.15) is 0 Å². The summed E-state index contributed by atoms with van der Waals surface area (Å²) in [7, 11) is 2.93. The fourth-order valence-corrected chi connectivity index (χ4v) is 1.19. The fourth-order valence-electron chi connectivity index (χ4n) is 1.19. The molecular weight excluding hydrogens is 186 g/mol. The molecule has 0 bridgehead atoms. The summed E-state index contributed by atoms with van der Waals surface area (Å²) in [6.07, 6.45) is 0. The molecule has 0 aliphatic heterocycles. The van der Waals surface area contributed by atoms with Crippen LogP contribution in [-0.4, -0.2) is 24.5 Å². The van der Waals surface area contributed by atoms with Gasteiger partial charge >= 0.3 is 0 Å². The smallest absolute Gasteiger partial charge is 0.203 e. The van der Waals surface area contributed by atoms with Crippen molar-refractivity contribution in [1.82, 2.24) is 5.48 Å². The van der Waals surface area contributed by atoms with Gasteiger partial charge in [-0.15, -0.1) is 0 Å². The second-order valence-electron chi connectivity index (χ2n) is 2.69. The molecule has 0 aliphatic rings. The maximum absolute atomic E-state index is 9.52.